The van der Waals surface area contributed by atoms with Crippen LogP contribution >= 0.6 is 0 Å². The molecule has 0 saturated carbocycles. The summed E-state index contributed by atoms with van der Waals surface area (Å²) in [4.78, 5) is 20.6. The lowest BCUT2D eigenvalue weighted by Crippen LogP contribution is -2.35. The number of hydrogen-bond acceptors (Lipinski definition) is 4. The summed E-state index contributed by atoms with van der Waals surface area (Å²) in [5, 5.41) is 2.94. The van der Waals surface area contributed by atoms with Gasteiger partial charge in [0.2, 0.25) is 0 Å². The molecule has 0 fully saturated rings. The van der Waals surface area contributed by atoms with Crippen LogP contribution in [0.2, 0.25) is 0 Å². The van der Waals surface area contributed by atoms with E-state index in [2.05, 4.69) is 21.4 Å². The fraction of sp³-hybridized carbons (Fsp3) is 0.353. The van der Waals surface area contributed by atoms with Crippen molar-refractivity contribution < 1.29 is 9.53 Å². The molecule has 5 heteroatoms. The normalized spacial score (nSPS) is 16.5. The highest BCUT2D eigenvalue weighted by Crippen LogP contribution is 2.26. The van der Waals surface area contributed by atoms with E-state index in [1.54, 1.807) is 13.0 Å². The largest absolute Gasteiger partial charge is 0.493 e. The zero-order chi connectivity index (χ0) is 15.5. The quantitative estimate of drug-likeness (QED) is 0.942. The van der Waals surface area contributed by atoms with Gasteiger partial charge in [0, 0.05) is 18.2 Å². The number of aryl methyl sites for hydroxylation is 2. The SMILES string of the molecule is Cc1cc(C(=O)NC[C@@H]2COc3ccccc3C2)nc(C)n1. The molecular formula is C17H19N3O2. The third-order valence-corrected chi connectivity index (χ3v) is 3.71. The number of rotatable bonds is 3. The Kier molecular flexibility index (Phi) is 4.04. The number of ether oxygens (including phenoxy) is 1. The molecule has 0 spiro atoms. The zero-order valence-electron chi connectivity index (χ0n) is 12.8. The summed E-state index contributed by atoms with van der Waals surface area (Å²) in [6.07, 6.45) is 0.915. The molecule has 0 radical (unpaired) electrons. The lowest BCUT2D eigenvalue weighted by atomic mass is 9.97. The Morgan fingerprint density at radius 3 is 2.95 bits per heavy atom. The average Bonchev–Trinajstić information content (AvgIpc) is 2.51. The van der Waals surface area contributed by atoms with E-state index < -0.39 is 0 Å². The highest BCUT2D eigenvalue weighted by molar-refractivity contribution is 5.92. The van der Waals surface area contributed by atoms with Crippen LogP contribution in [0.3, 0.4) is 0 Å². The fourth-order valence-electron chi connectivity index (χ4n) is 2.68. The van der Waals surface area contributed by atoms with Crippen LogP contribution in [0.15, 0.2) is 30.3 Å². The predicted octanol–water partition coefficient (Wildman–Crippen LogP) is 2.07. The number of nitrogens with zero attached hydrogens (tertiary/aromatic N) is 2. The van der Waals surface area contributed by atoms with Crippen molar-refractivity contribution in [2.24, 2.45) is 5.92 Å². The molecule has 1 aliphatic rings. The number of para-hydroxylation sites is 1. The number of amides is 1. The number of nitrogens with one attached hydrogen (secondary N) is 1. The van der Waals surface area contributed by atoms with Gasteiger partial charge in [0.25, 0.3) is 5.91 Å². The highest BCUT2D eigenvalue weighted by Gasteiger charge is 2.20. The summed E-state index contributed by atoms with van der Waals surface area (Å²) >= 11 is 0. The zero-order valence-corrected chi connectivity index (χ0v) is 12.8. The molecule has 0 bridgehead atoms. The van der Waals surface area contributed by atoms with Crippen LogP contribution in [-0.2, 0) is 6.42 Å². The number of fused-ring (bicyclic) bond motifs is 1. The fourth-order valence-corrected chi connectivity index (χ4v) is 2.68. The van der Waals surface area contributed by atoms with Gasteiger partial charge in [-0.25, -0.2) is 9.97 Å². The first-order chi connectivity index (χ1) is 10.6. The van der Waals surface area contributed by atoms with Gasteiger partial charge in [-0.1, -0.05) is 18.2 Å². The molecule has 1 aromatic carbocycles. The lowest BCUT2D eigenvalue weighted by Gasteiger charge is -2.25. The second-order valence-electron chi connectivity index (χ2n) is 5.64. The number of hydrogen-bond donors (Lipinski definition) is 1. The summed E-state index contributed by atoms with van der Waals surface area (Å²) in [5.74, 6) is 1.68. The molecule has 1 aliphatic heterocycles. The molecule has 1 aromatic heterocycles. The van der Waals surface area contributed by atoms with Gasteiger partial charge in [0.15, 0.2) is 0 Å². The van der Waals surface area contributed by atoms with Crippen molar-refractivity contribution in [2.75, 3.05) is 13.2 Å². The smallest absolute Gasteiger partial charge is 0.270 e. The van der Waals surface area contributed by atoms with Gasteiger partial charge in [0.05, 0.1) is 6.61 Å². The topological polar surface area (TPSA) is 64.1 Å². The minimum atomic E-state index is -0.160. The summed E-state index contributed by atoms with van der Waals surface area (Å²) < 4.78 is 5.74. The van der Waals surface area contributed by atoms with Crippen molar-refractivity contribution in [3.63, 3.8) is 0 Å². The first kappa shape index (κ1) is 14.5. The molecule has 0 saturated heterocycles. The second kappa shape index (κ2) is 6.13. The van der Waals surface area contributed by atoms with Crippen molar-refractivity contribution in [2.45, 2.75) is 20.3 Å². The molecule has 0 unspecified atom stereocenters. The minimum Gasteiger partial charge on any atom is -0.493 e. The lowest BCUT2D eigenvalue weighted by molar-refractivity contribution is 0.0933. The van der Waals surface area contributed by atoms with E-state index in [9.17, 15) is 4.79 Å². The monoisotopic (exact) mass is 297 g/mol. The van der Waals surface area contributed by atoms with Crippen LogP contribution in [0.25, 0.3) is 0 Å². The van der Waals surface area contributed by atoms with E-state index in [0.717, 1.165) is 17.9 Å². The van der Waals surface area contributed by atoms with Gasteiger partial charge < -0.3 is 10.1 Å². The molecular weight excluding hydrogens is 278 g/mol. The second-order valence-corrected chi connectivity index (χ2v) is 5.64. The molecule has 0 aliphatic carbocycles. The van der Waals surface area contributed by atoms with Crippen LogP contribution in [0.1, 0.15) is 27.6 Å². The van der Waals surface area contributed by atoms with Crippen LogP contribution < -0.4 is 10.1 Å². The van der Waals surface area contributed by atoms with Crippen LogP contribution in [-0.4, -0.2) is 29.0 Å². The number of benzene rings is 1. The highest BCUT2D eigenvalue weighted by atomic mass is 16.5. The van der Waals surface area contributed by atoms with Crippen LogP contribution in [0.4, 0.5) is 0 Å². The van der Waals surface area contributed by atoms with Gasteiger partial charge in [0.1, 0.15) is 17.3 Å². The molecule has 114 valence electrons. The van der Waals surface area contributed by atoms with Crippen LogP contribution in [0, 0.1) is 19.8 Å². The average molecular weight is 297 g/mol. The van der Waals surface area contributed by atoms with E-state index in [-0.39, 0.29) is 11.8 Å². The molecule has 2 aromatic rings. The Morgan fingerprint density at radius 1 is 1.32 bits per heavy atom. The number of carbonyl (C=O) groups is 1. The number of aromatic nitrogens is 2. The Morgan fingerprint density at radius 2 is 2.14 bits per heavy atom. The summed E-state index contributed by atoms with van der Waals surface area (Å²) in [7, 11) is 0. The van der Waals surface area contributed by atoms with Gasteiger partial charge >= 0.3 is 0 Å². The third kappa shape index (κ3) is 3.24. The molecule has 22 heavy (non-hydrogen) atoms. The third-order valence-electron chi connectivity index (χ3n) is 3.71. The first-order valence-electron chi connectivity index (χ1n) is 7.43. The first-order valence-corrected chi connectivity index (χ1v) is 7.43. The Balaban J connectivity index is 1.60. The van der Waals surface area contributed by atoms with Crippen molar-refractivity contribution in [3.8, 4) is 5.75 Å². The number of carbonyl (C=O) groups excluding carboxylic acids is 1. The Bertz CT molecular complexity index is 680. The molecule has 3 rings (SSSR count). The van der Waals surface area contributed by atoms with E-state index in [4.69, 9.17) is 4.74 Å². The molecule has 2 heterocycles. The molecule has 1 amide bonds. The van der Waals surface area contributed by atoms with E-state index in [1.165, 1.54) is 5.56 Å². The van der Waals surface area contributed by atoms with Crippen molar-refractivity contribution in [1.82, 2.24) is 15.3 Å². The predicted molar refractivity (Wildman–Crippen MR) is 83.0 cm³/mol. The van der Waals surface area contributed by atoms with E-state index in [0.29, 0.717) is 24.7 Å². The van der Waals surface area contributed by atoms with Crippen molar-refractivity contribution in [3.05, 3.63) is 53.1 Å². The van der Waals surface area contributed by atoms with E-state index in [1.807, 2.05) is 25.1 Å². The minimum absolute atomic E-state index is 0.160. The van der Waals surface area contributed by atoms with Crippen molar-refractivity contribution >= 4 is 5.91 Å². The Labute approximate surface area is 129 Å². The summed E-state index contributed by atoms with van der Waals surface area (Å²) in [6, 6.07) is 9.74. The molecule has 1 N–H and O–H groups in total. The summed E-state index contributed by atoms with van der Waals surface area (Å²) in [6.45, 7) is 4.85. The van der Waals surface area contributed by atoms with E-state index >= 15 is 0 Å². The molecule has 1 atom stereocenters. The maximum atomic E-state index is 12.2. The summed E-state index contributed by atoms with van der Waals surface area (Å²) in [5.41, 5.74) is 2.41. The van der Waals surface area contributed by atoms with Gasteiger partial charge in [-0.05, 0) is 38.0 Å². The standard InChI is InChI=1S/C17H19N3O2/c1-11-7-15(20-12(2)19-11)17(21)18-9-13-8-14-5-3-4-6-16(14)22-10-13/h3-7,13H,8-10H2,1-2H3,(H,18,21)/t13-/m1/s1. The van der Waals surface area contributed by atoms with Gasteiger partial charge in [-0.15, -0.1) is 0 Å². The van der Waals surface area contributed by atoms with Gasteiger partial charge in [-0.2, -0.15) is 0 Å². The maximum absolute atomic E-state index is 12.2. The van der Waals surface area contributed by atoms with Crippen molar-refractivity contribution in [1.29, 1.82) is 0 Å². The van der Waals surface area contributed by atoms with Crippen LogP contribution in [0.5, 0.6) is 5.75 Å². The maximum Gasteiger partial charge on any atom is 0.270 e. The van der Waals surface area contributed by atoms with Gasteiger partial charge in [-0.3, -0.25) is 4.79 Å². The molecule has 5 nitrogen and oxygen atoms in total. The Hall–Kier alpha value is -2.43.